The minimum absolute atomic E-state index is 0.287. The SMILES string of the molecule is Fc1cccc(CC2CCCC2CNC2CC2)c1Cl. The van der Waals surface area contributed by atoms with E-state index in [0.29, 0.717) is 10.9 Å². The summed E-state index contributed by atoms with van der Waals surface area (Å²) >= 11 is 6.07. The van der Waals surface area contributed by atoms with Gasteiger partial charge in [0.2, 0.25) is 0 Å². The molecule has 0 aromatic heterocycles. The van der Waals surface area contributed by atoms with Gasteiger partial charge in [0.25, 0.3) is 0 Å². The van der Waals surface area contributed by atoms with Gasteiger partial charge in [-0.05, 0) is 62.1 Å². The van der Waals surface area contributed by atoms with Gasteiger partial charge in [-0.15, -0.1) is 0 Å². The minimum atomic E-state index is -0.287. The lowest BCUT2D eigenvalue weighted by molar-refractivity contribution is 0.363. The molecule has 0 saturated heterocycles. The first-order valence-corrected chi connectivity index (χ1v) is 7.78. The zero-order valence-electron chi connectivity index (χ0n) is 11.2. The Kier molecular flexibility index (Phi) is 4.09. The van der Waals surface area contributed by atoms with Crippen LogP contribution in [0.3, 0.4) is 0 Å². The van der Waals surface area contributed by atoms with Crippen molar-refractivity contribution in [2.45, 2.75) is 44.6 Å². The van der Waals surface area contributed by atoms with Gasteiger partial charge in [0.15, 0.2) is 0 Å². The van der Waals surface area contributed by atoms with Crippen molar-refractivity contribution < 1.29 is 4.39 Å². The smallest absolute Gasteiger partial charge is 0.142 e. The third kappa shape index (κ3) is 3.29. The number of hydrogen-bond donors (Lipinski definition) is 1. The van der Waals surface area contributed by atoms with Gasteiger partial charge in [0, 0.05) is 6.04 Å². The van der Waals surface area contributed by atoms with E-state index in [0.717, 1.165) is 30.5 Å². The molecule has 3 rings (SSSR count). The van der Waals surface area contributed by atoms with E-state index in [1.165, 1.54) is 38.2 Å². The lowest BCUT2D eigenvalue weighted by Crippen LogP contribution is -2.27. The predicted octanol–water partition coefficient (Wildman–Crippen LogP) is 4.19. The molecule has 0 heterocycles. The van der Waals surface area contributed by atoms with E-state index >= 15 is 0 Å². The highest BCUT2D eigenvalue weighted by atomic mass is 35.5. The monoisotopic (exact) mass is 281 g/mol. The molecule has 104 valence electrons. The van der Waals surface area contributed by atoms with Gasteiger partial charge < -0.3 is 5.32 Å². The second-order valence-corrected chi connectivity index (χ2v) is 6.43. The van der Waals surface area contributed by atoms with Gasteiger partial charge in [0.05, 0.1) is 5.02 Å². The highest BCUT2D eigenvalue weighted by molar-refractivity contribution is 6.31. The molecule has 2 atom stereocenters. The van der Waals surface area contributed by atoms with Crippen LogP contribution in [0.15, 0.2) is 18.2 Å². The normalized spacial score (nSPS) is 26.8. The first-order chi connectivity index (χ1) is 9.24. The predicted molar refractivity (Wildman–Crippen MR) is 77.0 cm³/mol. The standard InChI is InChI=1S/C16H21ClFN/c17-16-12(4-2-6-15(16)18)9-11-3-1-5-13(11)10-19-14-7-8-14/h2,4,6,11,13-14,19H,1,3,5,7-10H2. The Morgan fingerprint density at radius 3 is 2.74 bits per heavy atom. The fraction of sp³-hybridized carbons (Fsp3) is 0.625. The van der Waals surface area contributed by atoms with Crippen LogP contribution in [-0.4, -0.2) is 12.6 Å². The highest BCUT2D eigenvalue weighted by Gasteiger charge is 2.30. The average Bonchev–Trinajstić information content (AvgIpc) is 3.13. The summed E-state index contributed by atoms with van der Waals surface area (Å²) in [6.07, 6.45) is 7.46. The maximum atomic E-state index is 13.5. The minimum Gasteiger partial charge on any atom is -0.314 e. The van der Waals surface area contributed by atoms with Crippen LogP contribution in [0, 0.1) is 17.7 Å². The average molecular weight is 282 g/mol. The summed E-state index contributed by atoms with van der Waals surface area (Å²) in [4.78, 5) is 0. The molecule has 0 radical (unpaired) electrons. The van der Waals surface area contributed by atoms with Crippen LogP contribution in [0.25, 0.3) is 0 Å². The molecule has 1 nitrogen and oxygen atoms in total. The number of hydrogen-bond acceptors (Lipinski definition) is 1. The summed E-state index contributed by atoms with van der Waals surface area (Å²) in [6.45, 7) is 1.13. The molecule has 0 bridgehead atoms. The Balaban J connectivity index is 1.62. The van der Waals surface area contributed by atoms with Gasteiger partial charge in [-0.1, -0.05) is 30.2 Å². The van der Waals surface area contributed by atoms with Gasteiger partial charge in [-0.3, -0.25) is 0 Å². The molecular weight excluding hydrogens is 261 g/mol. The Hall–Kier alpha value is -0.600. The molecule has 3 heteroatoms. The van der Waals surface area contributed by atoms with Crippen LogP contribution in [0.1, 0.15) is 37.7 Å². The maximum absolute atomic E-state index is 13.5. The summed E-state index contributed by atoms with van der Waals surface area (Å²) < 4.78 is 13.5. The van der Waals surface area contributed by atoms with E-state index in [2.05, 4.69) is 5.32 Å². The van der Waals surface area contributed by atoms with Gasteiger partial charge >= 0.3 is 0 Å². The zero-order chi connectivity index (χ0) is 13.2. The third-order valence-electron chi connectivity index (χ3n) is 4.58. The Morgan fingerprint density at radius 2 is 1.95 bits per heavy atom. The summed E-state index contributed by atoms with van der Waals surface area (Å²) in [5, 5.41) is 3.96. The number of benzene rings is 1. The van der Waals surface area contributed by atoms with E-state index in [1.54, 1.807) is 6.07 Å². The van der Waals surface area contributed by atoms with E-state index in [4.69, 9.17) is 11.6 Å². The van der Waals surface area contributed by atoms with Gasteiger partial charge in [-0.25, -0.2) is 4.39 Å². The topological polar surface area (TPSA) is 12.0 Å². The second kappa shape index (κ2) is 5.80. The Morgan fingerprint density at radius 1 is 1.16 bits per heavy atom. The molecule has 2 saturated carbocycles. The van der Waals surface area contributed by atoms with Crippen molar-refractivity contribution in [3.05, 3.63) is 34.6 Å². The van der Waals surface area contributed by atoms with Crippen molar-refractivity contribution in [2.24, 2.45) is 11.8 Å². The van der Waals surface area contributed by atoms with Crippen LogP contribution in [0.2, 0.25) is 5.02 Å². The summed E-state index contributed by atoms with van der Waals surface area (Å²) in [5.41, 5.74) is 0.977. The second-order valence-electron chi connectivity index (χ2n) is 6.05. The van der Waals surface area contributed by atoms with E-state index in [9.17, 15) is 4.39 Å². The quantitative estimate of drug-likeness (QED) is 0.853. The van der Waals surface area contributed by atoms with Crippen molar-refractivity contribution in [1.29, 1.82) is 0 Å². The molecule has 0 aliphatic heterocycles. The van der Waals surface area contributed by atoms with Crippen LogP contribution < -0.4 is 5.32 Å². The fourth-order valence-electron chi connectivity index (χ4n) is 3.25. The molecule has 0 spiro atoms. The molecule has 0 amide bonds. The van der Waals surface area contributed by atoms with E-state index in [-0.39, 0.29) is 5.82 Å². The van der Waals surface area contributed by atoms with Crippen molar-refractivity contribution in [3.63, 3.8) is 0 Å². The van der Waals surface area contributed by atoms with Crippen LogP contribution in [-0.2, 0) is 6.42 Å². The number of rotatable bonds is 5. The molecule has 19 heavy (non-hydrogen) atoms. The zero-order valence-corrected chi connectivity index (χ0v) is 11.9. The molecule has 1 aromatic carbocycles. The number of nitrogens with one attached hydrogen (secondary N) is 1. The summed E-state index contributed by atoms with van der Waals surface area (Å²) in [5.74, 6) is 1.11. The molecule has 2 unspecified atom stereocenters. The van der Waals surface area contributed by atoms with E-state index in [1.807, 2.05) is 6.07 Å². The maximum Gasteiger partial charge on any atom is 0.142 e. The first kappa shape index (κ1) is 13.4. The van der Waals surface area contributed by atoms with Crippen LogP contribution in [0.5, 0.6) is 0 Å². The fourth-order valence-corrected chi connectivity index (χ4v) is 3.45. The third-order valence-corrected chi connectivity index (χ3v) is 5.00. The molecule has 2 fully saturated rings. The lowest BCUT2D eigenvalue weighted by Gasteiger charge is -2.20. The summed E-state index contributed by atoms with van der Waals surface area (Å²) in [7, 11) is 0. The number of halogens is 2. The lowest BCUT2D eigenvalue weighted by atomic mass is 9.89. The first-order valence-electron chi connectivity index (χ1n) is 7.40. The van der Waals surface area contributed by atoms with Crippen molar-refractivity contribution in [3.8, 4) is 0 Å². The molecule has 2 aliphatic rings. The molecule has 1 aromatic rings. The highest BCUT2D eigenvalue weighted by Crippen LogP contribution is 2.36. The van der Waals surface area contributed by atoms with E-state index < -0.39 is 0 Å². The van der Waals surface area contributed by atoms with Gasteiger partial charge in [0.1, 0.15) is 5.82 Å². The van der Waals surface area contributed by atoms with Crippen molar-refractivity contribution in [2.75, 3.05) is 6.54 Å². The van der Waals surface area contributed by atoms with Crippen LogP contribution in [0.4, 0.5) is 4.39 Å². The Labute approximate surface area is 119 Å². The van der Waals surface area contributed by atoms with Crippen molar-refractivity contribution >= 4 is 11.6 Å². The molecule has 2 aliphatic carbocycles. The largest absolute Gasteiger partial charge is 0.314 e. The Bertz CT molecular complexity index is 444. The molecular formula is C16H21ClFN. The van der Waals surface area contributed by atoms with Gasteiger partial charge in [-0.2, -0.15) is 0 Å². The molecule has 1 N–H and O–H groups in total. The van der Waals surface area contributed by atoms with Crippen molar-refractivity contribution in [1.82, 2.24) is 5.32 Å². The summed E-state index contributed by atoms with van der Waals surface area (Å²) in [6, 6.07) is 5.95. The van der Waals surface area contributed by atoms with Crippen LogP contribution >= 0.6 is 11.6 Å².